The van der Waals surface area contributed by atoms with Crippen LogP contribution >= 0.6 is 11.8 Å². The molecule has 0 atom stereocenters. The van der Waals surface area contributed by atoms with E-state index in [9.17, 15) is 9.59 Å². The van der Waals surface area contributed by atoms with E-state index in [1.807, 2.05) is 24.5 Å². The number of anilines is 1. The van der Waals surface area contributed by atoms with E-state index in [4.69, 9.17) is 0 Å². The lowest BCUT2D eigenvalue weighted by molar-refractivity contribution is -0.115. The first-order valence-electron chi connectivity index (χ1n) is 12.5. The summed E-state index contributed by atoms with van der Waals surface area (Å²) in [4.78, 5) is 33.6. The van der Waals surface area contributed by atoms with E-state index < -0.39 is 0 Å². The molecule has 0 radical (unpaired) electrons. The normalized spacial score (nSPS) is 21.3. The molecule has 3 saturated heterocycles. The number of carbonyl (C=O) groups is 2. The molecule has 0 spiro atoms. The Morgan fingerprint density at radius 3 is 2.37 bits per heavy atom. The molecule has 35 heavy (non-hydrogen) atoms. The first-order chi connectivity index (χ1) is 17.1. The number of hydrogen-bond donors (Lipinski definition) is 1. The van der Waals surface area contributed by atoms with Gasteiger partial charge < -0.3 is 9.80 Å². The minimum Gasteiger partial charge on any atom is -0.371 e. The molecule has 8 heteroatoms. The van der Waals surface area contributed by atoms with Crippen LogP contribution in [0.3, 0.4) is 0 Å². The molecule has 1 N–H and O–H groups in total. The Kier molecular flexibility index (Phi) is 6.08. The van der Waals surface area contributed by atoms with Crippen LogP contribution in [-0.4, -0.2) is 57.8 Å². The van der Waals surface area contributed by atoms with Gasteiger partial charge in [-0.1, -0.05) is 12.5 Å². The predicted molar refractivity (Wildman–Crippen MR) is 141 cm³/mol. The van der Waals surface area contributed by atoms with E-state index in [2.05, 4.69) is 48.9 Å². The molecule has 3 aliphatic rings. The van der Waals surface area contributed by atoms with E-state index in [0.29, 0.717) is 4.91 Å². The van der Waals surface area contributed by atoms with E-state index in [1.54, 1.807) is 6.08 Å². The number of hydrogen-bond acceptors (Lipinski definition) is 6. The van der Waals surface area contributed by atoms with Crippen LogP contribution < -0.4 is 10.2 Å². The average Bonchev–Trinajstić information content (AvgIpc) is 3.46. The second-order valence-corrected chi connectivity index (χ2v) is 10.6. The summed E-state index contributed by atoms with van der Waals surface area (Å²) in [6.45, 7) is 4.78. The number of imide groups is 1. The molecule has 2 aromatic carbocycles. The molecule has 3 aliphatic heterocycles. The maximum atomic E-state index is 11.9. The molecule has 2 amide bonds. The fourth-order valence-electron chi connectivity index (χ4n) is 5.49. The largest absolute Gasteiger partial charge is 0.371 e. The summed E-state index contributed by atoms with van der Waals surface area (Å²) in [5.74, 6) is -0.343. The Balaban J connectivity index is 1.18. The van der Waals surface area contributed by atoms with Gasteiger partial charge in [-0.3, -0.25) is 19.5 Å². The average molecular weight is 488 g/mol. The lowest BCUT2D eigenvalue weighted by Crippen LogP contribution is -2.46. The number of rotatable bonds is 4. The molecule has 0 bridgehead atoms. The van der Waals surface area contributed by atoms with Crippen molar-refractivity contribution in [3.05, 3.63) is 59.3 Å². The topological polar surface area (TPSA) is 70.5 Å². The summed E-state index contributed by atoms with van der Waals surface area (Å²) in [5.41, 5.74) is 5.03. The van der Waals surface area contributed by atoms with Crippen LogP contribution in [0.1, 0.15) is 37.7 Å². The summed E-state index contributed by atoms with van der Waals surface area (Å²) in [7, 11) is 0. The summed E-state index contributed by atoms with van der Waals surface area (Å²) >= 11 is 0.931. The van der Waals surface area contributed by atoms with Crippen molar-refractivity contribution in [2.75, 3.05) is 31.1 Å². The van der Waals surface area contributed by atoms with Crippen LogP contribution in [-0.2, 0) is 4.79 Å². The maximum Gasteiger partial charge on any atom is 0.290 e. The van der Waals surface area contributed by atoms with E-state index >= 15 is 0 Å². The van der Waals surface area contributed by atoms with E-state index in [-0.39, 0.29) is 11.1 Å². The fourth-order valence-corrected chi connectivity index (χ4v) is 6.17. The number of nitrogens with one attached hydrogen (secondary N) is 1. The number of imidazole rings is 1. The number of amides is 2. The van der Waals surface area contributed by atoms with Crippen molar-refractivity contribution in [2.45, 2.75) is 38.1 Å². The van der Waals surface area contributed by atoms with Crippen LogP contribution in [0.25, 0.3) is 22.8 Å². The SMILES string of the molecule is O=C1NC(=O)C(=Cc2ccc3ncn(-c4ccc(N5CCC(N6CCCCC6)CC5)cc4)c3c2)S1. The van der Waals surface area contributed by atoms with Gasteiger partial charge in [0.1, 0.15) is 6.33 Å². The molecule has 0 unspecified atom stereocenters. The highest BCUT2D eigenvalue weighted by Gasteiger charge is 2.26. The zero-order valence-electron chi connectivity index (χ0n) is 19.7. The van der Waals surface area contributed by atoms with Crippen LogP contribution in [0.2, 0.25) is 0 Å². The van der Waals surface area contributed by atoms with Crippen molar-refractivity contribution in [1.82, 2.24) is 19.8 Å². The number of aromatic nitrogens is 2. The summed E-state index contributed by atoms with van der Waals surface area (Å²) in [5, 5.41) is 1.97. The Morgan fingerprint density at radius 2 is 1.66 bits per heavy atom. The lowest BCUT2D eigenvalue weighted by Gasteiger charge is -2.41. The maximum absolute atomic E-state index is 11.9. The third-order valence-corrected chi connectivity index (χ3v) is 8.19. The number of benzene rings is 2. The van der Waals surface area contributed by atoms with Crippen molar-refractivity contribution >= 4 is 45.7 Å². The second kappa shape index (κ2) is 9.51. The zero-order valence-corrected chi connectivity index (χ0v) is 20.5. The Labute approximate surface area is 209 Å². The van der Waals surface area contributed by atoms with Crippen molar-refractivity contribution in [1.29, 1.82) is 0 Å². The highest BCUT2D eigenvalue weighted by Crippen LogP contribution is 2.29. The number of carbonyl (C=O) groups excluding carboxylic acids is 2. The van der Waals surface area contributed by atoms with Gasteiger partial charge >= 0.3 is 0 Å². The standard InChI is InChI=1S/C27H29N5O2S/c33-26-25(35-27(34)29-26)17-19-4-9-23-24(16-19)32(18-28-23)22-7-5-20(6-8-22)31-14-10-21(11-15-31)30-12-2-1-3-13-30/h4-9,16-18,21H,1-3,10-15H2,(H,29,33,34). The van der Waals surface area contributed by atoms with Gasteiger partial charge in [-0.15, -0.1) is 0 Å². The number of likely N-dealkylation sites (tertiary alicyclic amines) is 1. The fraction of sp³-hybridized carbons (Fsp3) is 0.370. The van der Waals surface area contributed by atoms with Crippen molar-refractivity contribution in [3.8, 4) is 5.69 Å². The van der Waals surface area contributed by atoms with Gasteiger partial charge in [-0.2, -0.15) is 0 Å². The van der Waals surface area contributed by atoms with Gasteiger partial charge in [0.15, 0.2) is 0 Å². The van der Waals surface area contributed by atoms with Gasteiger partial charge in [-0.25, -0.2) is 4.98 Å². The Hall–Kier alpha value is -3.10. The molecule has 7 nitrogen and oxygen atoms in total. The summed E-state index contributed by atoms with van der Waals surface area (Å²) in [6, 6.07) is 15.3. The van der Waals surface area contributed by atoms with Crippen LogP contribution in [0, 0.1) is 0 Å². The first kappa shape index (κ1) is 22.4. The van der Waals surface area contributed by atoms with E-state index in [0.717, 1.165) is 53.2 Å². The van der Waals surface area contributed by atoms with Gasteiger partial charge in [0.05, 0.1) is 15.9 Å². The highest BCUT2D eigenvalue weighted by molar-refractivity contribution is 8.18. The predicted octanol–water partition coefficient (Wildman–Crippen LogP) is 4.80. The first-order valence-corrected chi connectivity index (χ1v) is 13.3. The van der Waals surface area contributed by atoms with Crippen molar-refractivity contribution in [2.24, 2.45) is 0 Å². The number of thioether (sulfide) groups is 1. The smallest absolute Gasteiger partial charge is 0.290 e. The number of nitrogens with zero attached hydrogens (tertiary/aromatic N) is 4. The van der Waals surface area contributed by atoms with Crippen molar-refractivity contribution < 1.29 is 9.59 Å². The van der Waals surface area contributed by atoms with Gasteiger partial charge in [0.2, 0.25) is 0 Å². The molecule has 0 saturated carbocycles. The summed E-state index contributed by atoms with van der Waals surface area (Å²) < 4.78 is 2.07. The lowest BCUT2D eigenvalue weighted by atomic mass is 9.99. The minimum atomic E-state index is -0.343. The molecular weight excluding hydrogens is 458 g/mol. The Bertz CT molecular complexity index is 1280. The molecular formula is C27H29N5O2S. The quantitative estimate of drug-likeness (QED) is 0.533. The second-order valence-electron chi connectivity index (χ2n) is 9.55. The molecule has 0 aliphatic carbocycles. The Morgan fingerprint density at radius 1 is 0.914 bits per heavy atom. The number of piperidine rings is 2. The molecule has 1 aromatic heterocycles. The molecule has 6 rings (SSSR count). The minimum absolute atomic E-state index is 0.330. The van der Waals surface area contributed by atoms with Crippen LogP contribution in [0.4, 0.5) is 10.5 Å². The molecule has 3 fully saturated rings. The third-order valence-electron chi connectivity index (χ3n) is 7.38. The molecule has 180 valence electrons. The van der Waals surface area contributed by atoms with Crippen molar-refractivity contribution in [3.63, 3.8) is 0 Å². The summed E-state index contributed by atoms with van der Waals surface area (Å²) in [6.07, 6.45) is 10.2. The molecule has 4 heterocycles. The zero-order chi connectivity index (χ0) is 23.8. The highest BCUT2D eigenvalue weighted by atomic mass is 32.2. The third kappa shape index (κ3) is 4.60. The van der Waals surface area contributed by atoms with Gasteiger partial charge in [0.25, 0.3) is 11.1 Å². The monoisotopic (exact) mass is 487 g/mol. The van der Waals surface area contributed by atoms with Gasteiger partial charge in [0, 0.05) is 30.5 Å². The van der Waals surface area contributed by atoms with Crippen LogP contribution in [0.15, 0.2) is 53.7 Å². The van der Waals surface area contributed by atoms with Gasteiger partial charge in [-0.05, 0) is 98.6 Å². The number of fused-ring (bicyclic) bond motifs is 1. The van der Waals surface area contributed by atoms with E-state index in [1.165, 1.54) is 50.9 Å². The molecule has 3 aromatic rings. The van der Waals surface area contributed by atoms with Crippen LogP contribution in [0.5, 0.6) is 0 Å².